The lowest BCUT2D eigenvalue weighted by atomic mass is 9.92. The summed E-state index contributed by atoms with van der Waals surface area (Å²) < 4.78 is 7.58. The second-order valence-electron chi connectivity index (χ2n) is 5.95. The third-order valence-electron chi connectivity index (χ3n) is 3.29. The average Bonchev–Trinajstić information content (AvgIpc) is 2.82. The van der Waals surface area contributed by atoms with Gasteiger partial charge in [0.25, 0.3) is 0 Å². The Morgan fingerprint density at radius 1 is 1.44 bits per heavy atom. The summed E-state index contributed by atoms with van der Waals surface area (Å²) in [5.74, 6) is 0.0244. The topological polar surface area (TPSA) is 43.3 Å². The van der Waals surface area contributed by atoms with E-state index in [0.29, 0.717) is 6.54 Å². The maximum Gasteiger partial charge on any atom is 0.311 e. The van der Waals surface area contributed by atoms with Crippen molar-refractivity contribution in [3.8, 4) is 0 Å². The van der Waals surface area contributed by atoms with Gasteiger partial charge in [-0.1, -0.05) is 0 Å². The van der Waals surface area contributed by atoms with E-state index in [1.165, 1.54) is 5.69 Å². The van der Waals surface area contributed by atoms with Gasteiger partial charge in [-0.3, -0.25) is 4.79 Å². The largest absolute Gasteiger partial charge is 0.460 e. The van der Waals surface area contributed by atoms with Crippen LogP contribution in [0.25, 0.3) is 0 Å². The Bertz CT molecular complexity index is 431. The van der Waals surface area contributed by atoms with Crippen molar-refractivity contribution >= 4 is 5.97 Å². The minimum Gasteiger partial charge on any atom is -0.460 e. The molecule has 1 aliphatic rings. The first-order valence-corrected chi connectivity index (χ1v) is 6.43. The molecule has 0 aliphatic carbocycles. The van der Waals surface area contributed by atoms with Gasteiger partial charge in [-0.2, -0.15) is 0 Å². The van der Waals surface area contributed by atoms with Crippen LogP contribution in [0.4, 0.5) is 0 Å². The van der Waals surface area contributed by atoms with Gasteiger partial charge in [0, 0.05) is 37.9 Å². The molecule has 2 rings (SSSR count). The molecule has 0 bridgehead atoms. The Morgan fingerprint density at radius 3 is 2.72 bits per heavy atom. The quantitative estimate of drug-likeness (QED) is 0.812. The monoisotopic (exact) mass is 250 g/mol. The van der Waals surface area contributed by atoms with Crippen molar-refractivity contribution in [1.29, 1.82) is 0 Å². The minimum atomic E-state index is -0.418. The summed E-state index contributed by atoms with van der Waals surface area (Å²) in [5, 5.41) is 3.29. The first kappa shape index (κ1) is 13.1. The molecule has 1 aromatic heterocycles. The summed E-state index contributed by atoms with van der Waals surface area (Å²) in [6.45, 7) is 7.26. The number of hydrogen-bond donors (Lipinski definition) is 1. The summed E-state index contributed by atoms with van der Waals surface area (Å²) in [4.78, 5) is 12.2. The van der Waals surface area contributed by atoms with Crippen molar-refractivity contribution in [2.45, 2.75) is 32.3 Å². The van der Waals surface area contributed by atoms with Gasteiger partial charge in [0.1, 0.15) is 5.60 Å². The summed E-state index contributed by atoms with van der Waals surface area (Å²) in [6, 6.07) is 4.09. The molecule has 4 heteroatoms. The van der Waals surface area contributed by atoms with Gasteiger partial charge < -0.3 is 14.6 Å². The second kappa shape index (κ2) is 4.76. The Morgan fingerprint density at radius 2 is 2.17 bits per heavy atom. The fourth-order valence-corrected chi connectivity index (χ4v) is 2.47. The predicted octanol–water partition coefficient (Wildman–Crippen LogP) is 1.67. The molecule has 2 atom stereocenters. The molecule has 1 aliphatic heterocycles. The SMILES string of the molecule is Cn1cccc1C1CNCC1C(=O)OC(C)(C)C. The highest BCUT2D eigenvalue weighted by atomic mass is 16.6. The van der Waals surface area contributed by atoms with Crippen molar-refractivity contribution in [3.05, 3.63) is 24.0 Å². The van der Waals surface area contributed by atoms with Gasteiger partial charge in [0.15, 0.2) is 0 Å². The van der Waals surface area contributed by atoms with Crippen LogP contribution in [0.5, 0.6) is 0 Å². The van der Waals surface area contributed by atoms with Crippen molar-refractivity contribution in [2.75, 3.05) is 13.1 Å². The van der Waals surface area contributed by atoms with Crippen LogP contribution in [-0.2, 0) is 16.6 Å². The van der Waals surface area contributed by atoms with Crippen molar-refractivity contribution in [2.24, 2.45) is 13.0 Å². The molecule has 18 heavy (non-hydrogen) atoms. The molecule has 2 heterocycles. The number of nitrogens with zero attached hydrogens (tertiary/aromatic N) is 1. The number of nitrogens with one attached hydrogen (secondary N) is 1. The van der Waals surface area contributed by atoms with E-state index in [9.17, 15) is 4.79 Å². The summed E-state index contributed by atoms with van der Waals surface area (Å²) in [5.41, 5.74) is 0.772. The van der Waals surface area contributed by atoms with Crippen LogP contribution < -0.4 is 5.32 Å². The Kier molecular flexibility index (Phi) is 3.48. The number of carbonyl (C=O) groups is 1. The normalized spacial score (nSPS) is 24.2. The van der Waals surface area contributed by atoms with E-state index in [-0.39, 0.29) is 17.8 Å². The molecule has 1 N–H and O–H groups in total. The highest BCUT2D eigenvalue weighted by Gasteiger charge is 2.37. The maximum atomic E-state index is 12.2. The van der Waals surface area contributed by atoms with E-state index in [1.54, 1.807) is 0 Å². The lowest BCUT2D eigenvalue weighted by Crippen LogP contribution is -2.32. The lowest BCUT2D eigenvalue weighted by Gasteiger charge is -2.24. The summed E-state index contributed by atoms with van der Waals surface area (Å²) >= 11 is 0. The lowest BCUT2D eigenvalue weighted by molar-refractivity contribution is -0.159. The van der Waals surface area contributed by atoms with Gasteiger partial charge >= 0.3 is 5.97 Å². The van der Waals surface area contributed by atoms with Gasteiger partial charge in [0.05, 0.1) is 5.92 Å². The summed E-state index contributed by atoms with van der Waals surface area (Å²) in [6.07, 6.45) is 2.01. The van der Waals surface area contributed by atoms with Gasteiger partial charge in [0.2, 0.25) is 0 Å². The molecule has 1 saturated heterocycles. The van der Waals surface area contributed by atoms with Gasteiger partial charge in [-0.25, -0.2) is 0 Å². The number of aryl methyl sites for hydroxylation is 1. The average molecular weight is 250 g/mol. The summed E-state index contributed by atoms with van der Waals surface area (Å²) in [7, 11) is 2.01. The van der Waals surface area contributed by atoms with Crippen LogP contribution in [-0.4, -0.2) is 29.2 Å². The number of esters is 1. The second-order valence-corrected chi connectivity index (χ2v) is 5.95. The molecule has 2 unspecified atom stereocenters. The van der Waals surface area contributed by atoms with Crippen LogP contribution >= 0.6 is 0 Å². The first-order chi connectivity index (χ1) is 8.38. The maximum absolute atomic E-state index is 12.2. The number of rotatable bonds is 2. The Labute approximate surface area is 108 Å². The molecule has 1 aromatic rings. The zero-order valence-corrected chi connectivity index (χ0v) is 11.6. The van der Waals surface area contributed by atoms with Crippen molar-refractivity contribution in [3.63, 3.8) is 0 Å². The Hall–Kier alpha value is -1.29. The number of aromatic nitrogens is 1. The molecule has 0 spiro atoms. The molecular formula is C14H22N2O2. The first-order valence-electron chi connectivity index (χ1n) is 6.43. The zero-order chi connectivity index (χ0) is 13.3. The van der Waals surface area contributed by atoms with Crippen LogP contribution in [0.3, 0.4) is 0 Å². The molecule has 4 nitrogen and oxygen atoms in total. The highest BCUT2D eigenvalue weighted by Crippen LogP contribution is 2.30. The van der Waals surface area contributed by atoms with Gasteiger partial charge in [-0.05, 0) is 32.9 Å². The number of ether oxygens (including phenoxy) is 1. The van der Waals surface area contributed by atoms with E-state index in [1.807, 2.05) is 40.1 Å². The third-order valence-corrected chi connectivity index (χ3v) is 3.29. The highest BCUT2D eigenvalue weighted by molar-refractivity contribution is 5.75. The van der Waals surface area contributed by atoms with E-state index < -0.39 is 5.60 Å². The van der Waals surface area contributed by atoms with Gasteiger partial charge in [-0.15, -0.1) is 0 Å². The van der Waals surface area contributed by atoms with E-state index in [2.05, 4.69) is 16.0 Å². The number of hydrogen-bond acceptors (Lipinski definition) is 3. The van der Waals surface area contributed by atoms with E-state index in [0.717, 1.165) is 6.54 Å². The number of carbonyl (C=O) groups excluding carboxylic acids is 1. The van der Waals surface area contributed by atoms with Crippen LogP contribution in [0, 0.1) is 5.92 Å². The third kappa shape index (κ3) is 2.75. The minimum absolute atomic E-state index is 0.0853. The smallest absolute Gasteiger partial charge is 0.311 e. The van der Waals surface area contributed by atoms with Crippen molar-refractivity contribution in [1.82, 2.24) is 9.88 Å². The van der Waals surface area contributed by atoms with Crippen LogP contribution in [0.15, 0.2) is 18.3 Å². The molecular weight excluding hydrogens is 228 g/mol. The molecule has 0 saturated carbocycles. The zero-order valence-electron chi connectivity index (χ0n) is 11.6. The molecule has 1 fully saturated rings. The Balaban J connectivity index is 2.13. The van der Waals surface area contributed by atoms with Crippen molar-refractivity contribution < 1.29 is 9.53 Å². The van der Waals surface area contributed by atoms with Crippen LogP contribution in [0.1, 0.15) is 32.4 Å². The molecule has 0 amide bonds. The van der Waals surface area contributed by atoms with E-state index >= 15 is 0 Å². The molecule has 0 aromatic carbocycles. The predicted molar refractivity (Wildman–Crippen MR) is 70.4 cm³/mol. The van der Waals surface area contributed by atoms with Crippen LogP contribution in [0.2, 0.25) is 0 Å². The molecule has 100 valence electrons. The fourth-order valence-electron chi connectivity index (χ4n) is 2.47. The van der Waals surface area contributed by atoms with E-state index in [4.69, 9.17) is 4.74 Å². The molecule has 0 radical (unpaired) electrons. The standard InChI is InChI=1S/C14H22N2O2/c1-14(2,3)18-13(17)11-9-15-8-10(11)12-6-5-7-16(12)4/h5-7,10-11,15H,8-9H2,1-4H3. The fraction of sp³-hybridized carbons (Fsp3) is 0.643.